The van der Waals surface area contributed by atoms with Crippen LogP contribution in [0.15, 0.2) is 71.8 Å². The van der Waals surface area contributed by atoms with Crippen LogP contribution in [0.3, 0.4) is 0 Å². The van der Waals surface area contributed by atoms with Crippen molar-refractivity contribution in [3.8, 4) is 0 Å². The minimum absolute atomic E-state index is 0.0740. The highest BCUT2D eigenvalue weighted by atomic mass is 16.2. The monoisotopic (exact) mass is 359 g/mol. The lowest BCUT2D eigenvalue weighted by Gasteiger charge is -2.07. The second-order valence-electron chi connectivity index (χ2n) is 6.22. The number of carbonyl (C=O) groups excluding carboxylic acids is 2. The second-order valence-corrected chi connectivity index (χ2v) is 6.22. The van der Waals surface area contributed by atoms with Gasteiger partial charge in [-0.15, -0.1) is 0 Å². The maximum absolute atomic E-state index is 12.0. The van der Waals surface area contributed by atoms with Crippen LogP contribution in [0.25, 0.3) is 10.8 Å². The molecule has 2 amide bonds. The highest BCUT2D eigenvalue weighted by Gasteiger charge is 2.07. The van der Waals surface area contributed by atoms with Gasteiger partial charge in [0.15, 0.2) is 0 Å². The number of carbonyl (C=O) groups is 2. The van der Waals surface area contributed by atoms with Gasteiger partial charge in [-0.25, -0.2) is 5.43 Å². The Bertz CT molecular complexity index is 990. The molecule has 136 valence electrons. The van der Waals surface area contributed by atoms with E-state index in [-0.39, 0.29) is 24.7 Å². The van der Waals surface area contributed by atoms with Crippen molar-refractivity contribution in [2.75, 3.05) is 5.32 Å². The van der Waals surface area contributed by atoms with Crippen LogP contribution in [-0.4, -0.2) is 18.0 Å². The molecule has 5 nitrogen and oxygen atoms in total. The summed E-state index contributed by atoms with van der Waals surface area (Å²) in [7, 11) is 0. The molecule has 0 saturated carbocycles. The molecule has 0 unspecified atom stereocenters. The summed E-state index contributed by atoms with van der Waals surface area (Å²) in [5, 5.41) is 9.00. The first-order valence-electron chi connectivity index (χ1n) is 8.78. The minimum Gasteiger partial charge on any atom is -0.326 e. The van der Waals surface area contributed by atoms with Crippen LogP contribution in [0.1, 0.15) is 24.0 Å². The van der Waals surface area contributed by atoms with Gasteiger partial charge in [0.1, 0.15) is 0 Å². The van der Waals surface area contributed by atoms with Gasteiger partial charge in [-0.05, 0) is 29.3 Å². The average Bonchev–Trinajstić information content (AvgIpc) is 2.68. The van der Waals surface area contributed by atoms with Crippen LogP contribution >= 0.6 is 0 Å². The summed E-state index contributed by atoms with van der Waals surface area (Å²) in [4.78, 5) is 23.9. The summed E-state index contributed by atoms with van der Waals surface area (Å²) in [6.07, 6.45) is 1.79. The van der Waals surface area contributed by atoms with Gasteiger partial charge in [0.2, 0.25) is 11.8 Å². The molecule has 0 aromatic heterocycles. The molecular formula is C22H21N3O2. The van der Waals surface area contributed by atoms with E-state index in [4.69, 9.17) is 0 Å². The number of para-hydroxylation sites is 1. The third-order valence-electron chi connectivity index (χ3n) is 4.21. The number of hydrazone groups is 1. The fraction of sp³-hybridized carbons (Fsp3) is 0.136. The van der Waals surface area contributed by atoms with Crippen LogP contribution in [0, 0.1) is 6.92 Å². The van der Waals surface area contributed by atoms with Crippen LogP contribution < -0.4 is 10.7 Å². The van der Waals surface area contributed by atoms with E-state index in [1.807, 2.05) is 73.7 Å². The molecule has 0 bridgehead atoms. The van der Waals surface area contributed by atoms with Gasteiger partial charge in [-0.1, -0.05) is 60.7 Å². The van der Waals surface area contributed by atoms with Crippen LogP contribution in [-0.2, 0) is 9.59 Å². The fourth-order valence-corrected chi connectivity index (χ4v) is 2.75. The topological polar surface area (TPSA) is 70.6 Å². The Labute approximate surface area is 158 Å². The van der Waals surface area contributed by atoms with Crippen LogP contribution in [0.4, 0.5) is 5.69 Å². The third kappa shape index (κ3) is 5.01. The van der Waals surface area contributed by atoms with Crippen LogP contribution in [0.2, 0.25) is 0 Å². The maximum Gasteiger partial charge on any atom is 0.240 e. The SMILES string of the molecule is Cc1ccccc1NC(=O)CCC(=O)N/N=C/c1cccc2ccccc12. The fourth-order valence-electron chi connectivity index (χ4n) is 2.75. The largest absolute Gasteiger partial charge is 0.326 e. The number of nitrogens with one attached hydrogen (secondary N) is 2. The van der Waals surface area contributed by atoms with E-state index < -0.39 is 0 Å². The summed E-state index contributed by atoms with van der Waals surface area (Å²) in [6, 6.07) is 21.4. The standard InChI is InChI=1S/C22H21N3O2/c1-16-7-2-5-12-20(16)24-21(26)13-14-22(27)25-23-15-18-10-6-9-17-8-3-4-11-19(17)18/h2-12,15H,13-14H2,1H3,(H,24,26)(H,25,27)/b23-15+. The predicted octanol–water partition coefficient (Wildman–Crippen LogP) is 4.02. The lowest BCUT2D eigenvalue weighted by molar-refractivity contribution is -0.124. The van der Waals surface area contributed by atoms with Gasteiger partial charge < -0.3 is 5.32 Å². The van der Waals surface area contributed by atoms with Gasteiger partial charge in [-0.2, -0.15) is 5.10 Å². The first-order chi connectivity index (χ1) is 13.1. The number of aryl methyl sites for hydroxylation is 1. The molecule has 0 spiro atoms. The van der Waals surface area contributed by atoms with Crippen molar-refractivity contribution in [1.29, 1.82) is 0 Å². The molecule has 27 heavy (non-hydrogen) atoms. The summed E-state index contributed by atoms with van der Waals surface area (Å²) < 4.78 is 0. The molecule has 3 rings (SSSR count). The zero-order valence-electron chi connectivity index (χ0n) is 15.1. The Balaban J connectivity index is 1.50. The molecule has 2 N–H and O–H groups in total. The van der Waals surface area contributed by atoms with E-state index in [9.17, 15) is 9.59 Å². The Kier molecular flexibility index (Phi) is 5.94. The maximum atomic E-state index is 12.0. The predicted molar refractivity (Wildman–Crippen MR) is 109 cm³/mol. The van der Waals surface area contributed by atoms with Gasteiger partial charge >= 0.3 is 0 Å². The first-order valence-corrected chi connectivity index (χ1v) is 8.78. The summed E-state index contributed by atoms with van der Waals surface area (Å²) in [5.41, 5.74) is 5.14. The van der Waals surface area contributed by atoms with E-state index >= 15 is 0 Å². The van der Waals surface area contributed by atoms with Crippen molar-refractivity contribution in [3.05, 3.63) is 77.9 Å². The van der Waals surface area contributed by atoms with E-state index in [2.05, 4.69) is 15.8 Å². The quantitative estimate of drug-likeness (QED) is 0.515. The molecular weight excluding hydrogens is 338 g/mol. The van der Waals surface area contributed by atoms with Crippen molar-refractivity contribution in [3.63, 3.8) is 0 Å². The molecule has 0 aliphatic rings. The van der Waals surface area contributed by atoms with Crippen molar-refractivity contribution in [2.24, 2.45) is 5.10 Å². The van der Waals surface area contributed by atoms with E-state index in [0.29, 0.717) is 0 Å². The number of nitrogens with zero attached hydrogens (tertiary/aromatic N) is 1. The smallest absolute Gasteiger partial charge is 0.240 e. The van der Waals surface area contributed by atoms with Crippen LogP contribution in [0.5, 0.6) is 0 Å². The summed E-state index contributed by atoms with van der Waals surface area (Å²) in [6.45, 7) is 1.92. The number of hydrogen-bond donors (Lipinski definition) is 2. The molecule has 0 atom stereocenters. The zero-order chi connectivity index (χ0) is 19.1. The molecule has 0 radical (unpaired) electrons. The molecule has 3 aromatic carbocycles. The number of rotatable bonds is 6. The summed E-state index contributed by atoms with van der Waals surface area (Å²) in [5.74, 6) is -0.496. The Morgan fingerprint density at radius 2 is 1.59 bits per heavy atom. The van der Waals surface area contributed by atoms with Gasteiger partial charge in [0.25, 0.3) is 0 Å². The van der Waals surface area contributed by atoms with E-state index in [1.54, 1.807) is 6.21 Å². The first kappa shape index (κ1) is 18.3. The second kappa shape index (κ2) is 8.76. The minimum atomic E-state index is -0.300. The zero-order valence-corrected chi connectivity index (χ0v) is 15.1. The van der Waals surface area contributed by atoms with Gasteiger partial charge in [0.05, 0.1) is 6.21 Å². The third-order valence-corrected chi connectivity index (χ3v) is 4.21. The molecule has 0 aliphatic heterocycles. The molecule has 3 aromatic rings. The lowest BCUT2D eigenvalue weighted by atomic mass is 10.1. The number of benzene rings is 3. The number of amides is 2. The van der Waals surface area contributed by atoms with E-state index in [1.165, 1.54) is 0 Å². The Morgan fingerprint density at radius 1 is 0.889 bits per heavy atom. The van der Waals surface area contributed by atoms with Gasteiger partial charge in [-0.3, -0.25) is 9.59 Å². The highest BCUT2D eigenvalue weighted by Crippen LogP contribution is 2.16. The molecule has 0 heterocycles. The molecule has 5 heteroatoms. The number of hydrogen-bond acceptors (Lipinski definition) is 3. The van der Waals surface area contributed by atoms with Crippen molar-refractivity contribution >= 4 is 34.5 Å². The molecule has 0 fully saturated rings. The number of fused-ring (bicyclic) bond motifs is 1. The number of anilines is 1. The van der Waals surface area contributed by atoms with Crippen molar-refractivity contribution < 1.29 is 9.59 Å². The lowest BCUT2D eigenvalue weighted by Crippen LogP contribution is -2.20. The van der Waals surface area contributed by atoms with Gasteiger partial charge in [0, 0.05) is 24.1 Å². The summed E-state index contributed by atoms with van der Waals surface area (Å²) >= 11 is 0. The average molecular weight is 359 g/mol. The Morgan fingerprint density at radius 3 is 2.44 bits per heavy atom. The molecule has 0 aliphatic carbocycles. The Hall–Kier alpha value is -3.47. The van der Waals surface area contributed by atoms with E-state index in [0.717, 1.165) is 27.6 Å². The molecule has 0 saturated heterocycles. The highest BCUT2D eigenvalue weighted by molar-refractivity contribution is 6.00. The van der Waals surface area contributed by atoms with Crippen molar-refractivity contribution in [1.82, 2.24) is 5.43 Å². The normalized spacial score (nSPS) is 10.9. The van der Waals surface area contributed by atoms with Crippen molar-refractivity contribution in [2.45, 2.75) is 19.8 Å².